The van der Waals surface area contributed by atoms with Gasteiger partial charge in [-0.2, -0.15) is 0 Å². The van der Waals surface area contributed by atoms with Crippen molar-refractivity contribution in [2.45, 2.75) is 45.6 Å². The second-order valence-corrected chi connectivity index (χ2v) is 4.93. The topological polar surface area (TPSA) is 23.5 Å². The number of likely N-dealkylation sites (tertiary alicyclic amines) is 1. The highest BCUT2D eigenvalue weighted by Crippen LogP contribution is 2.20. The quantitative estimate of drug-likeness (QED) is 0.723. The summed E-state index contributed by atoms with van der Waals surface area (Å²) in [6.07, 6.45) is 3.55. The van der Waals surface area contributed by atoms with E-state index in [1.807, 2.05) is 13.8 Å². The lowest BCUT2D eigenvalue weighted by Crippen LogP contribution is -2.29. The van der Waals surface area contributed by atoms with E-state index < -0.39 is 5.60 Å². The first-order valence-corrected chi connectivity index (χ1v) is 5.46. The van der Waals surface area contributed by atoms with E-state index in [0.29, 0.717) is 0 Å². The van der Waals surface area contributed by atoms with Gasteiger partial charge in [0.05, 0.1) is 5.60 Å². The van der Waals surface area contributed by atoms with Gasteiger partial charge < -0.3 is 10.0 Å². The first-order chi connectivity index (χ1) is 6.01. The molecule has 13 heavy (non-hydrogen) atoms. The summed E-state index contributed by atoms with van der Waals surface area (Å²) in [6.45, 7) is 9.58. The molecule has 2 nitrogen and oxygen atoms in total. The van der Waals surface area contributed by atoms with Crippen molar-refractivity contribution in [2.24, 2.45) is 5.92 Å². The van der Waals surface area contributed by atoms with Crippen molar-refractivity contribution in [1.82, 2.24) is 4.90 Å². The lowest BCUT2D eigenvalue weighted by atomic mass is 10.1. The van der Waals surface area contributed by atoms with Gasteiger partial charge in [0.2, 0.25) is 0 Å². The van der Waals surface area contributed by atoms with Crippen LogP contribution >= 0.6 is 0 Å². The molecule has 1 unspecified atom stereocenters. The van der Waals surface area contributed by atoms with Gasteiger partial charge in [0, 0.05) is 13.1 Å². The smallest absolute Gasteiger partial charge is 0.0603 e. The van der Waals surface area contributed by atoms with Crippen molar-refractivity contribution in [3.05, 3.63) is 0 Å². The zero-order valence-corrected chi connectivity index (χ0v) is 9.21. The summed E-state index contributed by atoms with van der Waals surface area (Å²) >= 11 is 0. The molecule has 0 spiro atoms. The minimum absolute atomic E-state index is 0.496. The summed E-state index contributed by atoms with van der Waals surface area (Å²) in [7, 11) is 0. The molecule has 0 aromatic heterocycles. The molecular formula is C11H23NO. The number of hydrogen-bond acceptors (Lipinski definition) is 2. The van der Waals surface area contributed by atoms with Crippen molar-refractivity contribution < 1.29 is 5.11 Å². The van der Waals surface area contributed by atoms with Crippen molar-refractivity contribution in [3.8, 4) is 0 Å². The van der Waals surface area contributed by atoms with Gasteiger partial charge in [-0.05, 0) is 39.2 Å². The summed E-state index contributed by atoms with van der Waals surface area (Å²) in [5, 5.41) is 9.57. The summed E-state index contributed by atoms with van der Waals surface area (Å²) in [5.74, 6) is 0.904. The van der Waals surface area contributed by atoms with Crippen LogP contribution in [0.5, 0.6) is 0 Å². The van der Waals surface area contributed by atoms with Crippen molar-refractivity contribution >= 4 is 0 Å². The summed E-state index contributed by atoms with van der Waals surface area (Å²) in [4.78, 5) is 2.48. The Hall–Kier alpha value is -0.0800. The van der Waals surface area contributed by atoms with Crippen LogP contribution in [-0.2, 0) is 0 Å². The predicted molar refractivity (Wildman–Crippen MR) is 55.8 cm³/mol. The number of rotatable bonds is 4. The molecule has 1 atom stereocenters. The van der Waals surface area contributed by atoms with Gasteiger partial charge in [-0.1, -0.05) is 13.3 Å². The van der Waals surface area contributed by atoms with Gasteiger partial charge >= 0.3 is 0 Å². The second kappa shape index (κ2) is 4.43. The highest BCUT2D eigenvalue weighted by atomic mass is 16.3. The molecule has 0 bridgehead atoms. The maximum atomic E-state index is 9.57. The van der Waals surface area contributed by atoms with Gasteiger partial charge in [-0.3, -0.25) is 0 Å². The number of aliphatic hydroxyl groups is 1. The lowest BCUT2D eigenvalue weighted by Gasteiger charge is -2.22. The Morgan fingerprint density at radius 2 is 2.15 bits per heavy atom. The summed E-state index contributed by atoms with van der Waals surface area (Å²) < 4.78 is 0. The molecule has 1 aliphatic rings. The molecule has 1 rings (SSSR count). The first kappa shape index (κ1) is 11.0. The monoisotopic (exact) mass is 185 g/mol. The Kier molecular flexibility index (Phi) is 3.74. The fraction of sp³-hybridized carbons (Fsp3) is 1.00. The van der Waals surface area contributed by atoms with E-state index in [1.54, 1.807) is 0 Å². The van der Waals surface area contributed by atoms with Crippen LogP contribution in [0.15, 0.2) is 0 Å². The fourth-order valence-electron chi connectivity index (χ4n) is 1.88. The minimum atomic E-state index is -0.496. The maximum absolute atomic E-state index is 9.57. The van der Waals surface area contributed by atoms with Gasteiger partial charge in [0.25, 0.3) is 0 Å². The van der Waals surface area contributed by atoms with Gasteiger partial charge in [-0.25, -0.2) is 0 Å². The Morgan fingerprint density at radius 3 is 2.62 bits per heavy atom. The molecule has 1 N–H and O–H groups in total. The second-order valence-electron chi connectivity index (χ2n) is 4.93. The van der Waals surface area contributed by atoms with Crippen molar-refractivity contribution in [2.75, 3.05) is 19.6 Å². The molecule has 0 amide bonds. The van der Waals surface area contributed by atoms with Crippen LogP contribution in [0.2, 0.25) is 0 Å². The van der Waals surface area contributed by atoms with E-state index in [1.165, 1.54) is 25.9 Å². The third-order valence-electron chi connectivity index (χ3n) is 2.99. The van der Waals surface area contributed by atoms with E-state index in [4.69, 9.17) is 0 Å². The first-order valence-electron chi connectivity index (χ1n) is 5.46. The molecule has 0 aliphatic carbocycles. The highest BCUT2D eigenvalue weighted by Gasteiger charge is 2.22. The normalized spacial score (nSPS) is 25.4. The van der Waals surface area contributed by atoms with Crippen LogP contribution < -0.4 is 0 Å². The fourth-order valence-corrected chi connectivity index (χ4v) is 1.88. The zero-order chi connectivity index (χ0) is 9.90. The van der Waals surface area contributed by atoms with E-state index in [0.717, 1.165) is 18.9 Å². The number of nitrogens with zero attached hydrogens (tertiary/aromatic N) is 1. The molecule has 1 heterocycles. The molecule has 1 aliphatic heterocycles. The predicted octanol–water partition coefficient (Wildman–Crippen LogP) is 1.88. The third-order valence-corrected chi connectivity index (χ3v) is 2.99. The summed E-state index contributed by atoms with van der Waals surface area (Å²) in [6, 6.07) is 0. The van der Waals surface area contributed by atoms with Crippen LogP contribution in [0.1, 0.15) is 40.0 Å². The Morgan fingerprint density at radius 1 is 1.46 bits per heavy atom. The molecule has 0 aromatic rings. The number of hydrogen-bond donors (Lipinski definition) is 1. The molecule has 1 fully saturated rings. The highest BCUT2D eigenvalue weighted by molar-refractivity contribution is 4.76. The van der Waals surface area contributed by atoms with Crippen LogP contribution in [-0.4, -0.2) is 35.2 Å². The summed E-state index contributed by atoms with van der Waals surface area (Å²) in [5.41, 5.74) is -0.496. The SMILES string of the molecule is CCC1CCN(CCC(C)(C)O)C1. The molecule has 1 saturated heterocycles. The van der Waals surface area contributed by atoms with Crippen LogP contribution in [0.4, 0.5) is 0 Å². The minimum Gasteiger partial charge on any atom is -0.390 e. The largest absolute Gasteiger partial charge is 0.390 e. The van der Waals surface area contributed by atoms with Crippen molar-refractivity contribution in [3.63, 3.8) is 0 Å². The van der Waals surface area contributed by atoms with Gasteiger partial charge in [0.1, 0.15) is 0 Å². The molecule has 2 heteroatoms. The van der Waals surface area contributed by atoms with Gasteiger partial charge in [-0.15, -0.1) is 0 Å². The van der Waals surface area contributed by atoms with Gasteiger partial charge in [0.15, 0.2) is 0 Å². The molecule has 0 aromatic carbocycles. The maximum Gasteiger partial charge on any atom is 0.0603 e. The average molecular weight is 185 g/mol. The standard InChI is InChI=1S/C11H23NO/c1-4-10-5-7-12(9-10)8-6-11(2,3)13/h10,13H,4-9H2,1-3H3. The molecule has 0 radical (unpaired) electrons. The third kappa shape index (κ3) is 4.10. The van der Waals surface area contributed by atoms with E-state index in [-0.39, 0.29) is 0 Å². The van der Waals surface area contributed by atoms with Crippen LogP contribution in [0.3, 0.4) is 0 Å². The Bertz CT molecular complexity index is 151. The van der Waals surface area contributed by atoms with Crippen LogP contribution in [0, 0.1) is 5.92 Å². The van der Waals surface area contributed by atoms with E-state index in [2.05, 4.69) is 11.8 Å². The lowest BCUT2D eigenvalue weighted by molar-refractivity contribution is 0.0601. The Balaban J connectivity index is 2.17. The zero-order valence-electron chi connectivity index (χ0n) is 9.21. The Labute approximate surface area is 81.9 Å². The molecule has 78 valence electrons. The molecule has 0 saturated carbocycles. The average Bonchev–Trinajstić information content (AvgIpc) is 2.47. The van der Waals surface area contributed by atoms with Crippen molar-refractivity contribution in [1.29, 1.82) is 0 Å². The molecular weight excluding hydrogens is 162 g/mol. The van der Waals surface area contributed by atoms with E-state index >= 15 is 0 Å². The van der Waals surface area contributed by atoms with E-state index in [9.17, 15) is 5.11 Å². The van der Waals surface area contributed by atoms with Crippen LogP contribution in [0.25, 0.3) is 0 Å².